The number of para-hydroxylation sites is 1. The lowest BCUT2D eigenvalue weighted by Crippen LogP contribution is -2.07. The molecule has 3 nitrogen and oxygen atoms in total. The summed E-state index contributed by atoms with van der Waals surface area (Å²) in [6.07, 6.45) is 1.69. The van der Waals surface area contributed by atoms with E-state index in [-0.39, 0.29) is 5.82 Å². The second kappa shape index (κ2) is 5.26. The third-order valence-electron chi connectivity index (χ3n) is 1.92. The molecule has 1 rings (SSSR count). The van der Waals surface area contributed by atoms with Crippen molar-refractivity contribution in [1.82, 2.24) is 0 Å². The summed E-state index contributed by atoms with van der Waals surface area (Å²) in [6.45, 7) is 1.54. The van der Waals surface area contributed by atoms with Crippen molar-refractivity contribution >= 4 is 11.9 Å². The maximum absolute atomic E-state index is 13.1. The molecule has 80 valence electrons. The molecule has 4 heteroatoms. The van der Waals surface area contributed by atoms with Gasteiger partial charge in [0, 0.05) is 18.0 Å². The molecular weight excluding hydrogens is 195 g/mol. The maximum Gasteiger partial charge on any atom is 0.146 e. The van der Waals surface area contributed by atoms with Crippen molar-refractivity contribution in [3.8, 4) is 0 Å². The Hall–Kier alpha value is -1.68. The van der Waals surface area contributed by atoms with E-state index in [4.69, 9.17) is 5.41 Å². The molecule has 3 N–H and O–H groups in total. The van der Waals surface area contributed by atoms with Crippen molar-refractivity contribution in [3.05, 3.63) is 41.9 Å². The minimum Gasteiger partial charge on any atom is -0.389 e. The van der Waals surface area contributed by atoms with Gasteiger partial charge in [-0.1, -0.05) is 12.1 Å². The summed E-state index contributed by atoms with van der Waals surface area (Å²) in [5, 5.41) is 18.9. The Morgan fingerprint density at radius 3 is 2.73 bits per heavy atom. The average molecular weight is 208 g/mol. The Kier molecular flexibility index (Phi) is 4.00. The minimum absolute atomic E-state index is 0.317. The van der Waals surface area contributed by atoms with Crippen LogP contribution in [0.4, 0.5) is 10.1 Å². The van der Waals surface area contributed by atoms with Gasteiger partial charge in [-0.15, -0.1) is 0 Å². The monoisotopic (exact) mass is 208 g/mol. The molecule has 0 aliphatic rings. The van der Waals surface area contributed by atoms with Gasteiger partial charge in [-0.25, -0.2) is 4.39 Å². The highest BCUT2D eigenvalue weighted by Gasteiger charge is 2.02. The molecule has 0 aromatic heterocycles. The zero-order valence-corrected chi connectivity index (χ0v) is 8.37. The fraction of sp³-hybridized carbons (Fsp3) is 0.182. The number of rotatable bonds is 4. The molecule has 0 aliphatic carbocycles. The van der Waals surface area contributed by atoms with Gasteiger partial charge in [-0.05, 0) is 19.1 Å². The van der Waals surface area contributed by atoms with E-state index in [1.807, 2.05) is 0 Å². The van der Waals surface area contributed by atoms with Crippen molar-refractivity contribution in [2.24, 2.45) is 0 Å². The summed E-state index contributed by atoms with van der Waals surface area (Å²) in [7, 11) is 0. The van der Waals surface area contributed by atoms with Gasteiger partial charge in [-0.2, -0.15) is 0 Å². The number of aliphatic hydroxyl groups is 1. The number of halogens is 1. The first-order valence-corrected chi connectivity index (χ1v) is 4.55. The van der Waals surface area contributed by atoms with Crippen molar-refractivity contribution in [2.45, 2.75) is 13.0 Å². The molecule has 1 aromatic rings. The first-order chi connectivity index (χ1) is 7.15. The van der Waals surface area contributed by atoms with Gasteiger partial charge >= 0.3 is 0 Å². The second-order valence-electron chi connectivity index (χ2n) is 3.09. The standard InChI is InChI=1S/C11H13FN2O/c1-8(15)9(6-13)7-14-11-5-3-2-4-10(11)12/h2-8,13-15H,1H3/b9-7+,13-6?/t8-/m0/s1. The van der Waals surface area contributed by atoms with Crippen molar-refractivity contribution in [3.63, 3.8) is 0 Å². The Labute approximate surface area is 87.8 Å². The smallest absolute Gasteiger partial charge is 0.146 e. The molecule has 0 unspecified atom stereocenters. The predicted molar refractivity (Wildman–Crippen MR) is 58.6 cm³/mol. The van der Waals surface area contributed by atoms with Crippen LogP contribution in [0, 0.1) is 11.2 Å². The van der Waals surface area contributed by atoms with E-state index in [2.05, 4.69) is 5.32 Å². The van der Waals surface area contributed by atoms with Crippen LogP contribution in [0.1, 0.15) is 6.92 Å². The van der Waals surface area contributed by atoms with Crippen LogP contribution in [0.5, 0.6) is 0 Å². The molecular formula is C11H13FN2O. The predicted octanol–water partition coefficient (Wildman–Crippen LogP) is 2.15. The van der Waals surface area contributed by atoms with Gasteiger partial charge in [0.05, 0.1) is 11.8 Å². The number of hydrogen-bond acceptors (Lipinski definition) is 3. The summed E-state index contributed by atoms with van der Waals surface area (Å²) in [4.78, 5) is 0. The SMILES string of the molecule is C[C@H](O)/C(C=N)=C/Nc1ccccc1F. The van der Waals surface area contributed by atoms with E-state index in [0.29, 0.717) is 11.3 Å². The Bertz CT molecular complexity index is 375. The van der Waals surface area contributed by atoms with Gasteiger partial charge in [-0.3, -0.25) is 0 Å². The lowest BCUT2D eigenvalue weighted by molar-refractivity contribution is 0.238. The zero-order valence-electron chi connectivity index (χ0n) is 8.37. The van der Waals surface area contributed by atoms with Gasteiger partial charge in [0.1, 0.15) is 5.82 Å². The fourth-order valence-corrected chi connectivity index (χ4v) is 1.02. The normalized spacial score (nSPS) is 13.4. The largest absolute Gasteiger partial charge is 0.389 e. The van der Waals surface area contributed by atoms with E-state index in [1.165, 1.54) is 12.3 Å². The first-order valence-electron chi connectivity index (χ1n) is 4.55. The highest BCUT2D eigenvalue weighted by molar-refractivity contribution is 5.77. The molecule has 0 spiro atoms. The molecule has 0 saturated heterocycles. The average Bonchev–Trinajstić information content (AvgIpc) is 2.21. The zero-order chi connectivity index (χ0) is 11.3. The van der Waals surface area contributed by atoms with E-state index in [0.717, 1.165) is 6.21 Å². The highest BCUT2D eigenvalue weighted by atomic mass is 19.1. The van der Waals surface area contributed by atoms with Crippen molar-refractivity contribution in [2.75, 3.05) is 5.32 Å². The number of nitrogens with one attached hydrogen (secondary N) is 2. The van der Waals surface area contributed by atoms with E-state index in [1.54, 1.807) is 25.1 Å². The van der Waals surface area contributed by atoms with Crippen LogP contribution in [0.3, 0.4) is 0 Å². The van der Waals surface area contributed by atoms with Crippen LogP contribution >= 0.6 is 0 Å². The summed E-state index contributed by atoms with van der Waals surface area (Å²) < 4.78 is 13.1. The van der Waals surface area contributed by atoms with E-state index >= 15 is 0 Å². The Balaban J connectivity index is 2.79. The van der Waals surface area contributed by atoms with E-state index in [9.17, 15) is 9.50 Å². The highest BCUT2D eigenvalue weighted by Crippen LogP contribution is 2.12. The molecule has 0 radical (unpaired) electrons. The van der Waals surface area contributed by atoms with Crippen LogP contribution in [-0.4, -0.2) is 17.4 Å². The third-order valence-corrected chi connectivity index (χ3v) is 1.92. The summed E-state index contributed by atoms with van der Waals surface area (Å²) in [5.74, 6) is -0.372. The van der Waals surface area contributed by atoms with Crippen molar-refractivity contribution in [1.29, 1.82) is 5.41 Å². The molecule has 0 aliphatic heterocycles. The van der Waals surface area contributed by atoms with Crippen LogP contribution in [0.2, 0.25) is 0 Å². The minimum atomic E-state index is -0.748. The van der Waals surface area contributed by atoms with Crippen LogP contribution in [0.25, 0.3) is 0 Å². The molecule has 15 heavy (non-hydrogen) atoms. The van der Waals surface area contributed by atoms with Gasteiger partial charge in [0.15, 0.2) is 0 Å². The molecule has 0 bridgehead atoms. The number of benzene rings is 1. The van der Waals surface area contributed by atoms with E-state index < -0.39 is 6.10 Å². The molecule has 0 saturated carbocycles. The van der Waals surface area contributed by atoms with Gasteiger partial charge in [0.2, 0.25) is 0 Å². The van der Waals surface area contributed by atoms with Crippen LogP contribution in [-0.2, 0) is 0 Å². The Morgan fingerprint density at radius 1 is 1.53 bits per heavy atom. The number of aliphatic hydroxyl groups excluding tert-OH is 1. The lowest BCUT2D eigenvalue weighted by Gasteiger charge is -2.06. The summed E-state index contributed by atoms with van der Waals surface area (Å²) >= 11 is 0. The maximum atomic E-state index is 13.1. The number of anilines is 1. The molecule has 0 heterocycles. The van der Waals surface area contributed by atoms with Gasteiger partial charge in [0.25, 0.3) is 0 Å². The van der Waals surface area contributed by atoms with Crippen LogP contribution in [0.15, 0.2) is 36.0 Å². The molecule has 0 amide bonds. The molecule has 1 aromatic carbocycles. The topological polar surface area (TPSA) is 56.1 Å². The molecule has 0 fully saturated rings. The summed E-state index contributed by atoms with van der Waals surface area (Å²) in [5.41, 5.74) is 0.704. The third kappa shape index (κ3) is 3.18. The Morgan fingerprint density at radius 2 is 2.20 bits per heavy atom. The first kappa shape index (κ1) is 11.4. The summed E-state index contributed by atoms with van der Waals surface area (Å²) in [6, 6.07) is 6.21. The van der Waals surface area contributed by atoms with Crippen LogP contribution < -0.4 is 5.32 Å². The number of hydrogen-bond donors (Lipinski definition) is 3. The molecule has 1 atom stereocenters. The van der Waals surface area contributed by atoms with Crippen molar-refractivity contribution < 1.29 is 9.50 Å². The fourth-order valence-electron chi connectivity index (χ4n) is 1.02. The quantitative estimate of drug-likeness (QED) is 0.664. The second-order valence-corrected chi connectivity index (χ2v) is 3.09. The lowest BCUT2D eigenvalue weighted by atomic mass is 10.2. The van der Waals surface area contributed by atoms with Gasteiger partial charge < -0.3 is 15.8 Å².